The second-order valence-corrected chi connectivity index (χ2v) is 7.10. The van der Waals surface area contributed by atoms with E-state index in [0.29, 0.717) is 16.5 Å². The average molecular weight is 195 g/mol. The van der Waals surface area contributed by atoms with Crippen molar-refractivity contribution in [3.63, 3.8) is 0 Å². The van der Waals surface area contributed by atoms with Crippen LogP contribution < -0.4 is 0 Å². The second kappa shape index (κ2) is 2.75. The maximum absolute atomic E-state index is 2.72. The minimum atomic E-state index is 0.336. The maximum atomic E-state index is 2.72. The molecule has 1 aliphatic heterocycles. The van der Waals surface area contributed by atoms with Crippen molar-refractivity contribution in [1.82, 2.24) is 4.90 Å². The van der Waals surface area contributed by atoms with Crippen LogP contribution in [0.2, 0.25) is 0 Å². The first-order chi connectivity index (χ1) is 6.25. The molecule has 1 heteroatoms. The van der Waals surface area contributed by atoms with E-state index in [2.05, 4.69) is 39.5 Å². The van der Waals surface area contributed by atoms with E-state index in [-0.39, 0.29) is 0 Å². The lowest BCUT2D eigenvalue weighted by Crippen LogP contribution is -2.50. The van der Waals surface area contributed by atoms with Crippen molar-refractivity contribution in [3.8, 4) is 0 Å². The van der Waals surface area contributed by atoms with E-state index in [1.54, 1.807) is 0 Å². The highest BCUT2D eigenvalue weighted by Crippen LogP contribution is 2.55. The van der Waals surface area contributed by atoms with E-state index in [4.69, 9.17) is 0 Å². The Bertz CT molecular complexity index is 230. The van der Waals surface area contributed by atoms with Crippen LogP contribution in [-0.2, 0) is 0 Å². The second-order valence-electron chi connectivity index (χ2n) is 7.10. The van der Waals surface area contributed by atoms with Gasteiger partial charge in [0.2, 0.25) is 0 Å². The predicted molar refractivity (Wildman–Crippen MR) is 61.4 cm³/mol. The molecule has 1 spiro atoms. The zero-order chi connectivity index (χ0) is 10.6. The highest BCUT2D eigenvalue weighted by atomic mass is 15.3. The molecule has 14 heavy (non-hydrogen) atoms. The predicted octanol–water partition coefficient (Wildman–Crippen LogP) is 3.44. The molecule has 0 bridgehead atoms. The molecule has 0 aromatic rings. The Morgan fingerprint density at radius 1 is 1.07 bits per heavy atom. The summed E-state index contributed by atoms with van der Waals surface area (Å²) in [5, 5.41) is 0. The summed E-state index contributed by atoms with van der Waals surface area (Å²) < 4.78 is 0. The molecule has 0 atom stereocenters. The lowest BCUT2D eigenvalue weighted by atomic mass is 9.66. The van der Waals surface area contributed by atoms with Gasteiger partial charge < -0.3 is 0 Å². The van der Waals surface area contributed by atoms with Crippen molar-refractivity contribution >= 4 is 0 Å². The zero-order valence-electron chi connectivity index (χ0n) is 10.5. The first-order valence-corrected chi connectivity index (χ1v) is 6.03. The number of hydrogen-bond acceptors (Lipinski definition) is 1. The number of nitrogens with zero attached hydrogens (tertiary/aromatic N) is 1. The molecule has 0 radical (unpaired) electrons. The quantitative estimate of drug-likeness (QED) is 0.572. The minimum Gasteiger partial charge on any atom is -0.293 e. The van der Waals surface area contributed by atoms with Gasteiger partial charge in [-0.15, -0.1) is 0 Å². The van der Waals surface area contributed by atoms with E-state index < -0.39 is 0 Å². The Balaban J connectivity index is 2.19. The van der Waals surface area contributed by atoms with E-state index >= 15 is 0 Å². The number of rotatable bonds is 0. The van der Waals surface area contributed by atoms with E-state index in [1.165, 1.54) is 32.2 Å². The van der Waals surface area contributed by atoms with Gasteiger partial charge in [0.1, 0.15) is 0 Å². The Morgan fingerprint density at radius 2 is 1.64 bits per heavy atom. The highest BCUT2D eigenvalue weighted by molar-refractivity contribution is 5.07. The third-order valence-corrected chi connectivity index (χ3v) is 4.26. The normalized spacial score (nSPS) is 30.6. The van der Waals surface area contributed by atoms with E-state index in [9.17, 15) is 0 Å². The lowest BCUT2D eigenvalue weighted by Gasteiger charge is -2.42. The molecule has 2 fully saturated rings. The number of likely N-dealkylation sites (tertiary alicyclic amines) is 1. The molecular weight excluding hydrogens is 170 g/mol. The van der Waals surface area contributed by atoms with Crippen LogP contribution in [0.1, 0.15) is 60.3 Å². The van der Waals surface area contributed by atoms with Crippen LogP contribution in [0.15, 0.2) is 0 Å². The summed E-state index contributed by atoms with van der Waals surface area (Å²) in [7, 11) is 0. The van der Waals surface area contributed by atoms with Gasteiger partial charge in [-0.1, -0.05) is 6.42 Å². The van der Waals surface area contributed by atoms with Gasteiger partial charge in [-0.25, -0.2) is 0 Å². The van der Waals surface area contributed by atoms with Gasteiger partial charge in [-0.05, 0) is 59.3 Å². The van der Waals surface area contributed by atoms with Gasteiger partial charge >= 0.3 is 0 Å². The van der Waals surface area contributed by atoms with Crippen LogP contribution in [0.4, 0.5) is 0 Å². The first-order valence-electron chi connectivity index (χ1n) is 6.03. The van der Waals surface area contributed by atoms with Crippen molar-refractivity contribution in [1.29, 1.82) is 0 Å². The van der Waals surface area contributed by atoms with E-state index in [1.807, 2.05) is 0 Å². The molecule has 0 unspecified atom stereocenters. The van der Waals surface area contributed by atoms with Gasteiger partial charge in [-0.3, -0.25) is 4.90 Å². The van der Waals surface area contributed by atoms with Gasteiger partial charge in [-0.2, -0.15) is 0 Å². The summed E-state index contributed by atoms with van der Waals surface area (Å²) in [4.78, 5) is 2.72. The van der Waals surface area contributed by atoms with Crippen LogP contribution in [0.5, 0.6) is 0 Å². The summed E-state index contributed by atoms with van der Waals surface area (Å²) >= 11 is 0. The fourth-order valence-electron chi connectivity index (χ4n) is 3.78. The average Bonchev–Trinajstić information content (AvgIpc) is 2.19. The molecule has 2 rings (SSSR count). The fourth-order valence-corrected chi connectivity index (χ4v) is 3.78. The van der Waals surface area contributed by atoms with Crippen molar-refractivity contribution < 1.29 is 0 Å². The summed E-state index contributed by atoms with van der Waals surface area (Å²) in [6.07, 6.45) is 5.83. The molecule has 82 valence electrons. The van der Waals surface area contributed by atoms with Gasteiger partial charge in [0.25, 0.3) is 0 Å². The molecule has 0 amide bonds. The van der Waals surface area contributed by atoms with Gasteiger partial charge in [0.15, 0.2) is 0 Å². The topological polar surface area (TPSA) is 3.24 Å². The molecule has 1 saturated heterocycles. The van der Waals surface area contributed by atoms with Crippen molar-refractivity contribution in [2.24, 2.45) is 5.41 Å². The maximum Gasteiger partial charge on any atom is 0.0164 e. The van der Waals surface area contributed by atoms with Crippen LogP contribution >= 0.6 is 0 Å². The Labute approximate surface area is 88.9 Å². The van der Waals surface area contributed by atoms with E-state index in [0.717, 1.165) is 0 Å². The summed E-state index contributed by atoms with van der Waals surface area (Å²) in [6.45, 7) is 13.2. The smallest absolute Gasteiger partial charge is 0.0164 e. The Kier molecular flexibility index (Phi) is 2.06. The molecule has 0 aromatic carbocycles. The third-order valence-electron chi connectivity index (χ3n) is 4.26. The van der Waals surface area contributed by atoms with Crippen LogP contribution in [-0.4, -0.2) is 22.5 Å². The van der Waals surface area contributed by atoms with Crippen molar-refractivity contribution in [3.05, 3.63) is 0 Å². The van der Waals surface area contributed by atoms with Crippen LogP contribution in [0.25, 0.3) is 0 Å². The summed E-state index contributed by atoms with van der Waals surface area (Å²) in [5.74, 6) is 0. The Hall–Kier alpha value is -0.0400. The van der Waals surface area contributed by atoms with Gasteiger partial charge in [0.05, 0.1) is 0 Å². The van der Waals surface area contributed by atoms with Gasteiger partial charge in [0, 0.05) is 17.6 Å². The van der Waals surface area contributed by atoms with Crippen LogP contribution in [0.3, 0.4) is 0 Å². The minimum absolute atomic E-state index is 0.336. The summed E-state index contributed by atoms with van der Waals surface area (Å²) in [5.41, 5.74) is 1.46. The fraction of sp³-hybridized carbons (Fsp3) is 1.00. The molecule has 0 N–H and O–H groups in total. The summed E-state index contributed by atoms with van der Waals surface area (Å²) in [6, 6.07) is 0. The molecular formula is C13H25N. The van der Waals surface area contributed by atoms with Crippen molar-refractivity contribution in [2.45, 2.75) is 71.4 Å². The molecule has 2 aliphatic rings. The third kappa shape index (κ3) is 1.50. The molecule has 1 aliphatic carbocycles. The lowest BCUT2D eigenvalue weighted by molar-refractivity contribution is 0.0579. The monoisotopic (exact) mass is 195 g/mol. The largest absolute Gasteiger partial charge is 0.293 e. The standard InChI is InChI=1S/C13H25N/c1-11(2,3)14-10-13(7-6-8-13)9-12(14,4)5/h6-10H2,1-5H3. The molecule has 1 saturated carbocycles. The highest BCUT2D eigenvalue weighted by Gasteiger charge is 2.53. The Morgan fingerprint density at radius 3 is 1.86 bits per heavy atom. The van der Waals surface area contributed by atoms with Crippen LogP contribution in [0, 0.1) is 5.41 Å². The zero-order valence-corrected chi connectivity index (χ0v) is 10.5. The SMILES string of the molecule is CC(C)(C)N1CC2(CCC2)CC1(C)C. The van der Waals surface area contributed by atoms with Crippen molar-refractivity contribution in [2.75, 3.05) is 6.54 Å². The molecule has 1 nitrogen and oxygen atoms in total. The number of hydrogen-bond donors (Lipinski definition) is 0. The molecule has 1 heterocycles. The first kappa shape index (κ1) is 10.5. The molecule has 0 aromatic heterocycles.